The molecule has 9 nitrogen and oxygen atoms in total. The molecular weight excluding hydrogens is 382 g/mol. The molecule has 1 rings (SSSR count). The molecule has 0 atom stereocenters. The molecule has 0 radical (unpaired) electrons. The van der Waals surface area contributed by atoms with Gasteiger partial charge in [0.2, 0.25) is 0 Å². The summed E-state index contributed by atoms with van der Waals surface area (Å²) in [5.74, 6) is 0. The molecule has 0 aromatic heterocycles. The zero-order chi connectivity index (χ0) is 20.7. The Bertz CT molecular complexity index is 319. The average molecular weight is 424 g/mol. The summed E-state index contributed by atoms with van der Waals surface area (Å²) in [6.45, 7) is 10.2. The van der Waals surface area contributed by atoms with Gasteiger partial charge >= 0.3 is 0 Å². The molecule has 0 bridgehead atoms. The summed E-state index contributed by atoms with van der Waals surface area (Å²) in [4.78, 5) is 0. The fourth-order valence-electron chi connectivity index (χ4n) is 2.58. The maximum absolute atomic E-state index is 5.76. The summed E-state index contributed by atoms with van der Waals surface area (Å²) in [5.41, 5.74) is 0. The van der Waals surface area contributed by atoms with Crippen LogP contribution in [-0.4, -0.2) is 119 Å². The highest BCUT2D eigenvalue weighted by Gasteiger charge is 2.12. The van der Waals surface area contributed by atoms with Gasteiger partial charge in [-0.1, -0.05) is 0 Å². The molecule has 0 saturated carbocycles. The van der Waals surface area contributed by atoms with Gasteiger partial charge in [0.05, 0.1) is 98.6 Å². The second-order valence-corrected chi connectivity index (χ2v) is 6.49. The third-order valence-corrected chi connectivity index (χ3v) is 4.16. The minimum atomic E-state index is 0.385. The van der Waals surface area contributed by atoms with Gasteiger partial charge in [0.15, 0.2) is 0 Å². The van der Waals surface area contributed by atoms with E-state index in [1.807, 2.05) is 0 Å². The molecule has 0 aromatic carbocycles. The summed E-state index contributed by atoms with van der Waals surface area (Å²) in [6.07, 6.45) is 2.57. The minimum Gasteiger partial charge on any atom is -0.382 e. The first-order chi connectivity index (χ1) is 14.4. The fraction of sp³-hybridized carbons (Fsp3) is 1.00. The highest BCUT2D eigenvalue weighted by atomic mass is 16.6. The molecule has 0 unspecified atom stereocenters. The lowest BCUT2D eigenvalue weighted by Crippen LogP contribution is -2.33. The molecule has 174 valence electrons. The van der Waals surface area contributed by atoms with E-state index in [-0.39, 0.29) is 0 Å². The second-order valence-electron chi connectivity index (χ2n) is 6.49. The first-order valence-corrected chi connectivity index (χ1v) is 10.7. The molecule has 1 aliphatic rings. The summed E-state index contributed by atoms with van der Waals surface area (Å²) in [5, 5.41) is 3.32. The van der Waals surface area contributed by atoms with Crippen molar-refractivity contribution in [3.05, 3.63) is 0 Å². The van der Waals surface area contributed by atoms with Crippen molar-refractivity contribution >= 4 is 0 Å². The van der Waals surface area contributed by atoms with Crippen molar-refractivity contribution in [2.75, 3.05) is 113 Å². The van der Waals surface area contributed by atoms with Gasteiger partial charge in [-0.25, -0.2) is 0 Å². The topological polar surface area (TPSA) is 85.9 Å². The monoisotopic (exact) mass is 423 g/mol. The van der Waals surface area contributed by atoms with Crippen LogP contribution in [0, 0.1) is 0 Å². The molecule has 0 aliphatic carbocycles. The molecular formula is C20H41NO8. The van der Waals surface area contributed by atoms with Gasteiger partial charge in [0.1, 0.15) is 0 Å². The van der Waals surface area contributed by atoms with E-state index in [0.717, 1.165) is 25.9 Å². The van der Waals surface area contributed by atoms with Crippen LogP contribution in [0.15, 0.2) is 0 Å². The summed E-state index contributed by atoms with van der Waals surface area (Å²) >= 11 is 0. The Labute approximate surface area is 175 Å². The van der Waals surface area contributed by atoms with Crippen molar-refractivity contribution in [1.29, 1.82) is 0 Å². The third kappa shape index (κ3) is 19.4. The first-order valence-electron chi connectivity index (χ1n) is 10.7. The highest BCUT2D eigenvalue weighted by molar-refractivity contribution is 4.67. The Morgan fingerprint density at radius 3 is 1.24 bits per heavy atom. The van der Waals surface area contributed by atoms with E-state index >= 15 is 0 Å². The van der Waals surface area contributed by atoms with E-state index in [9.17, 15) is 0 Å². The molecule has 1 fully saturated rings. The van der Waals surface area contributed by atoms with Crippen molar-refractivity contribution in [3.63, 3.8) is 0 Å². The van der Waals surface area contributed by atoms with Crippen LogP contribution in [0.5, 0.6) is 0 Å². The molecule has 1 N–H and O–H groups in total. The Morgan fingerprint density at radius 1 is 0.517 bits per heavy atom. The van der Waals surface area contributed by atoms with Crippen molar-refractivity contribution in [1.82, 2.24) is 5.32 Å². The standard InChI is InChI=1S/C20H41NO8/c1-22-6-7-23-8-9-24-10-11-25-12-13-26-14-15-27-16-17-28-18-19-29-20-2-4-21-5-3-20/h20-21H,2-19H2,1H3. The van der Waals surface area contributed by atoms with Crippen molar-refractivity contribution < 1.29 is 37.9 Å². The van der Waals surface area contributed by atoms with Gasteiger partial charge in [-0.05, 0) is 25.9 Å². The Balaban J connectivity index is 1.63. The smallest absolute Gasteiger partial charge is 0.0704 e. The van der Waals surface area contributed by atoms with Crippen molar-refractivity contribution in [2.24, 2.45) is 0 Å². The predicted octanol–water partition coefficient (Wildman–Crippen LogP) is 0.501. The fourth-order valence-corrected chi connectivity index (χ4v) is 2.58. The van der Waals surface area contributed by atoms with Gasteiger partial charge in [0.25, 0.3) is 0 Å². The number of hydrogen-bond acceptors (Lipinski definition) is 9. The molecule has 0 aromatic rings. The molecule has 0 spiro atoms. The number of rotatable bonds is 22. The lowest BCUT2D eigenvalue weighted by Gasteiger charge is -2.22. The molecule has 29 heavy (non-hydrogen) atoms. The lowest BCUT2D eigenvalue weighted by atomic mass is 10.1. The van der Waals surface area contributed by atoms with Gasteiger partial charge in [0, 0.05) is 7.11 Å². The third-order valence-electron chi connectivity index (χ3n) is 4.16. The minimum absolute atomic E-state index is 0.385. The van der Waals surface area contributed by atoms with Crippen LogP contribution >= 0.6 is 0 Å². The van der Waals surface area contributed by atoms with E-state index in [4.69, 9.17) is 37.9 Å². The van der Waals surface area contributed by atoms with Crippen LogP contribution in [0.4, 0.5) is 0 Å². The second kappa shape index (κ2) is 22.3. The van der Waals surface area contributed by atoms with E-state index in [0.29, 0.717) is 98.6 Å². The maximum atomic E-state index is 5.76. The van der Waals surface area contributed by atoms with Crippen LogP contribution in [0.1, 0.15) is 12.8 Å². The molecule has 1 heterocycles. The Hall–Kier alpha value is -0.360. The van der Waals surface area contributed by atoms with E-state index in [2.05, 4.69) is 5.32 Å². The van der Waals surface area contributed by atoms with Gasteiger partial charge in [-0.2, -0.15) is 0 Å². The van der Waals surface area contributed by atoms with Crippen LogP contribution in [-0.2, 0) is 37.9 Å². The first kappa shape index (κ1) is 26.7. The van der Waals surface area contributed by atoms with E-state index in [1.54, 1.807) is 7.11 Å². The largest absolute Gasteiger partial charge is 0.382 e. The summed E-state index contributed by atoms with van der Waals surface area (Å²) < 4.78 is 43.1. The number of methoxy groups -OCH3 is 1. The van der Waals surface area contributed by atoms with Gasteiger partial charge < -0.3 is 43.2 Å². The lowest BCUT2D eigenvalue weighted by molar-refractivity contribution is -0.0310. The summed E-state index contributed by atoms with van der Waals surface area (Å²) in [6, 6.07) is 0. The van der Waals surface area contributed by atoms with Crippen molar-refractivity contribution in [2.45, 2.75) is 18.9 Å². The molecule has 1 saturated heterocycles. The normalized spacial score (nSPS) is 15.2. The maximum Gasteiger partial charge on any atom is 0.0704 e. The molecule has 0 amide bonds. The number of piperidine rings is 1. The van der Waals surface area contributed by atoms with E-state index in [1.165, 1.54) is 0 Å². The number of hydrogen-bond donors (Lipinski definition) is 1. The van der Waals surface area contributed by atoms with Gasteiger partial charge in [-0.15, -0.1) is 0 Å². The van der Waals surface area contributed by atoms with Crippen LogP contribution < -0.4 is 5.32 Å². The number of nitrogens with one attached hydrogen (secondary N) is 1. The Kier molecular flexibility index (Phi) is 20.5. The van der Waals surface area contributed by atoms with Crippen LogP contribution in [0.3, 0.4) is 0 Å². The molecule has 1 aliphatic heterocycles. The quantitative estimate of drug-likeness (QED) is 0.250. The van der Waals surface area contributed by atoms with Crippen molar-refractivity contribution in [3.8, 4) is 0 Å². The highest BCUT2D eigenvalue weighted by Crippen LogP contribution is 2.06. The number of ether oxygens (including phenoxy) is 8. The van der Waals surface area contributed by atoms with E-state index < -0.39 is 0 Å². The average Bonchev–Trinajstić information content (AvgIpc) is 2.75. The zero-order valence-corrected chi connectivity index (χ0v) is 18.1. The summed E-state index contributed by atoms with van der Waals surface area (Å²) in [7, 11) is 1.65. The van der Waals surface area contributed by atoms with Crippen LogP contribution in [0.25, 0.3) is 0 Å². The SMILES string of the molecule is COCCOCCOCCOCCOCCOCCOCCOC1CCNCC1. The molecule has 9 heteroatoms. The zero-order valence-electron chi connectivity index (χ0n) is 18.1. The van der Waals surface area contributed by atoms with Gasteiger partial charge in [-0.3, -0.25) is 0 Å². The predicted molar refractivity (Wildman–Crippen MR) is 109 cm³/mol. The van der Waals surface area contributed by atoms with Crippen LogP contribution in [0.2, 0.25) is 0 Å². The Morgan fingerprint density at radius 2 is 0.862 bits per heavy atom.